The second-order valence-electron chi connectivity index (χ2n) is 4.77. The van der Waals surface area contributed by atoms with Crippen LogP contribution >= 0.6 is 23.8 Å². The molecule has 10 heteroatoms. The minimum atomic E-state index is -2.80. The van der Waals surface area contributed by atoms with Gasteiger partial charge in [0.25, 0.3) is 6.43 Å². The van der Waals surface area contributed by atoms with Crippen LogP contribution in [0, 0.1) is 4.77 Å². The molecule has 0 aliphatic carbocycles. The summed E-state index contributed by atoms with van der Waals surface area (Å²) >= 11 is 10.9. The van der Waals surface area contributed by atoms with Crippen LogP contribution in [-0.4, -0.2) is 21.1 Å². The molecule has 0 bridgehead atoms. The number of aromatic nitrogens is 3. The van der Waals surface area contributed by atoms with E-state index in [1.165, 1.54) is 6.21 Å². The van der Waals surface area contributed by atoms with Crippen molar-refractivity contribution in [3.63, 3.8) is 0 Å². The lowest BCUT2D eigenvalue weighted by Gasteiger charge is -2.05. The van der Waals surface area contributed by atoms with Gasteiger partial charge in [0, 0.05) is 0 Å². The third kappa shape index (κ3) is 4.12. The number of benzene rings is 1. The summed E-state index contributed by atoms with van der Waals surface area (Å²) in [6.07, 6.45) is -1.54. The van der Waals surface area contributed by atoms with Crippen molar-refractivity contribution in [3.8, 4) is 5.75 Å². The molecule has 0 atom stereocenters. The summed E-state index contributed by atoms with van der Waals surface area (Å²) in [4.78, 5) is 0. The summed E-state index contributed by atoms with van der Waals surface area (Å²) in [7, 11) is 0. The van der Waals surface area contributed by atoms with Gasteiger partial charge in [-0.2, -0.15) is 14.9 Å². The molecule has 3 aromatic rings. The number of rotatable bonds is 6. The van der Waals surface area contributed by atoms with Crippen LogP contribution in [0.2, 0.25) is 5.02 Å². The molecule has 0 aliphatic rings. The number of hydrogen-bond acceptors (Lipinski definition) is 5. The predicted molar refractivity (Wildman–Crippen MR) is 89.9 cm³/mol. The highest BCUT2D eigenvalue weighted by atomic mass is 35.5. The van der Waals surface area contributed by atoms with Crippen LogP contribution in [0.25, 0.3) is 0 Å². The Hall–Kier alpha value is -2.52. The number of aromatic amines is 1. The largest absolute Gasteiger partial charge is 0.484 e. The van der Waals surface area contributed by atoms with Crippen molar-refractivity contribution in [3.05, 3.63) is 63.5 Å². The van der Waals surface area contributed by atoms with Gasteiger partial charge >= 0.3 is 0 Å². The summed E-state index contributed by atoms with van der Waals surface area (Å²) in [5.74, 6) is 0.824. The van der Waals surface area contributed by atoms with E-state index in [1.54, 1.807) is 36.4 Å². The lowest BCUT2D eigenvalue weighted by Crippen LogP contribution is -1.99. The first-order chi connectivity index (χ1) is 12.0. The SMILES string of the molecule is FC(F)c1n[nH]c(=S)n1/N=C/c1ccc(COc2ccccc2Cl)o1. The number of alkyl halides is 2. The molecule has 6 nitrogen and oxygen atoms in total. The first kappa shape index (κ1) is 17.3. The van der Waals surface area contributed by atoms with E-state index in [-0.39, 0.29) is 11.4 Å². The molecule has 0 radical (unpaired) electrons. The van der Waals surface area contributed by atoms with Crippen molar-refractivity contribution in [1.29, 1.82) is 0 Å². The predicted octanol–water partition coefficient (Wildman–Crippen LogP) is 4.59. The maximum absolute atomic E-state index is 12.8. The monoisotopic (exact) mass is 384 g/mol. The molecular formula is C15H11ClF2N4O2S. The van der Waals surface area contributed by atoms with Crippen LogP contribution in [0.3, 0.4) is 0 Å². The topological polar surface area (TPSA) is 68.3 Å². The molecule has 0 fully saturated rings. The first-order valence-corrected chi connectivity index (χ1v) is 7.79. The minimum Gasteiger partial charge on any atom is -0.484 e. The van der Waals surface area contributed by atoms with E-state index in [9.17, 15) is 8.78 Å². The Balaban J connectivity index is 1.69. The average molecular weight is 385 g/mol. The Morgan fingerprint density at radius 1 is 1.36 bits per heavy atom. The van der Waals surface area contributed by atoms with Crippen LogP contribution < -0.4 is 4.74 Å². The van der Waals surface area contributed by atoms with Gasteiger partial charge in [-0.05, 0) is 36.5 Å². The standard InChI is InChI=1S/C15H11ClF2N4O2S/c16-11-3-1-2-4-12(11)23-8-10-6-5-9(24-10)7-19-22-14(13(17)18)20-21-15(22)25/h1-7,13H,8H2,(H,21,25)/b19-7+. The van der Waals surface area contributed by atoms with Crippen LogP contribution in [0.5, 0.6) is 5.75 Å². The molecule has 0 unspecified atom stereocenters. The number of halogens is 3. The highest BCUT2D eigenvalue weighted by Gasteiger charge is 2.16. The van der Waals surface area contributed by atoms with Gasteiger partial charge < -0.3 is 9.15 Å². The van der Waals surface area contributed by atoms with Gasteiger partial charge in [-0.15, -0.1) is 0 Å². The fraction of sp³-hybridized carbons (Fsp3) is 0.133. The van der Waals surface area contributed by atoms with Crippen LogP contribution in [-0.2, 0) is 6.61 Å². The zero-order chi connectivity index (χ0) is 17.8. The average Bonchev–Trinajstić information content (AvgIpc) is 3.18. The summed E-state index contributed by atoms with van der Waals surface area (Å²) < 4.78 is 37.4. The van der Waals surface area contributed by atoms with E-state index in [0.29, 0.717) is 22.3 Å². The lowest BCUT2D eigenvalue weighted by atomic mass is 10.3. The van der Waals surface area contributed by atoms with Gasteiger partial charge in [-0.25, -0.2) is 13.9 Å². The molecule has 1 aromatic carbocycles. The van der Waals surface area contributed by atoms with E-state index >= 15 is 0 Å². The number of H-pyrrole nitrogens is 1. The van der Waals surface area contributed by atoms with Crippen molar-refractivity contribution >= 4 is 30.0 Å². The molecular weight excluding hydrogens is 374 g/mol. The highest BCUT2D eigenvalue weighted by Crippen LogP contribution is 2.24. The molecule has 0 saturated heterocycles. The van der Waals surface area contributed by atoms with E-state index in [1.807, 2.05) is 0 Å². The third-order valence-electron chi connectivity index (χ3n) is 3.06. The fourth-order valence-corrected chi connectivity index (χ4v) is 2.30. The summed E-state index contributed by atoms with van der Waals surface area (Å²) in [5.41, 5.74) is 0. The quantitative estimate of drug-likeness (QED) is 0.498. The van der Waals surface area contributed by atoms with Gasteiger partial charge in [0.05, 0.1) is 11.2 Å². The number of para-hydroxylation sites is 1. The van der Waals surface area contributed by atoms with Crippen molar-refractivity contribution in [2.45, 2.75) is 13.0 Å². The van der Waals surface area contributed by atoms with Crippen molar-refractivity contribution in [2.75, 3.05) is 0 Å². The number of nitrogens with one attached hydrogen (secondary N) is 1. The first-order valence-electron chi connectivity index (χ1n) is 7.00. The molecule has 3 rings (SSSR count). The van der Waals surface area contributed by atoms with E-state index in [2.05, 4.69) is 15.3 Å². The molecule has 130 valence electrons. The number of ether oxygens (including phenoxy) is 1. The maximum Gasteiger partial charge on any atom is 0.299 e. The Morgan fingerprint density at radius 2 is 2.16 bits per heavy atom. The Bertz CT molecular complexity index is 951. The van der Waals surface area contributed by atoms with Crippen molar-refractivity contribution in [1.82, 2.24) is 14.9 Å². The summed E-state index contributed by atoms with van der Waals surface area (Å²) in [6.45, 7) is 0.158. The Labute approximate surface area is 150 Å². The molecule has 0 amide bonds. The summed E-state index contributed by atoms with van der Waals surface area (Å²) in [5, 5.41) is 10.0. The number of furan rings is 1. The summed E-state index contributed by atoms with van der Waals surface area (Å²) in [6, 6.07) is 10.4. The maximum atomic E-state index is 12.8. The molecule has 2 aromatic heterocycles. The van der Waals surface area contributed by atoms with E-state index < -0.39 is 12.2 Å². The van der Waals surface area contributed by atoms with Gasteiger partial charge in [0.2, 0.25) is 10.6 Å². The number of nitrogens with zero attached hydrogens (tertiary/aromatic N) is 3. The highest BCUT2D eigenvalue weighted by molar-refractivity contribution is 7.71. The second kappa shape index (κ2) is 7.58. The molecule has 0 aliphatic heterocycles. The second-order valence-corrected chi connectivity index (χ2v) is 5.56. The van der Waals surface area contributed by atoms with Gasteiger partial charge in [0.15, 0.2) is 0 Å². The Morgan fingerprint density at radius 3 is 2.92 bits per heavy atom. The zero-order valence-electron chi connectivity index (χ0n) is 12.5. The van der Waals surface area contributed by atoms with Crippen LogP contribution in [0.15, 0.2) is 45.9 Å². The Kier molecular flexibility index (Phi) is 5.25. The fourth-order valence-electron chi connectivity index (χ4n) is 1.92. The van der Waals surface area contributed by atoms with Gasteiger partial charge in [-0.1, -0.05) is 23.7 Å². The molecule has 25 heavy (non-hydrogen) atoms. The minimum absolute atomic E-state index is 0.0413. The molecule has 0 spiro atoms. The molecule has 2 heterocycles. The molecule has 0 saturated carbocycles. The van der Waals surface area contributed by atoms with Crippen LogP contribution in [0.4, 0.5) is 8.78 Å². The van der Waals surface area contributed by atoms with Gasteiger partial charge in [0.1, 0.15) is 23.9 Å². The smallest absolute Gasteiger partial charge is 0.299 e. The van der Waals surface area contributed by atoms with Crippen LogP contribution in [0.1, 0.15) is 23.8 Å². The third-order valence-corrected chi connectivity index (χ3v) is 3.64. The van der Waals surface area contributed by atoms with Gasteiger partial charge in [-0.3, -0.25) is 0 Å². The van der Waals surface area contributed by atoms with Crippen molar-refractivity contribution in [2.24, 2.45) is 5.10 Å². The normalized spacial score (nSPS) is 11.5. The van der Waals surface area contributed by atoms with E-state index in [0.717, 1.165) is 4.68 Å². The number of hydrogen-bond donors (Lipinski definition) is 1. The lowest BCUT2D eigenvalue weighted by molar-refractivity contribution is 0.136. The molecule has 1 N–H and O–H groups in total. The van der Waals surface area contributed by atoms with Crippen molar-refractivity contribution < 1.29 is 17.9 Å². The zero-order valence-corrected chi connectivity index (χ0v) is 14.1. The van der Waals surface area contributed by atoms with E-state index in [4.69, 9.17) is 33.0 Å².